The normalized spacial score (nSPS) is 22.6. The highest BCUT2D eigenvalue weighted by molar-refractivity contribution is 5.70. The van der Waals surface area contributed by atoms with E-state index < -0.39 is 24.5 Å². The molecule has 1 aromatic rings. The highest BCUT2D eigenvalue weighted by atomic mass is 16.7. The molecule has 190 valence electrons. The first-order valence-corrected chi connectivity index (χ1v) is 12.8. The van der Waals surface area contributed by atoms with Gasteiger partial charge in [-0.3, -0.25) is 19.6 Å². The number of aromatic nitrogens is 2. The van der Waals surface area contributed by atoms with Gasteiger partial charge >= 0.3 is 17.9 Å². The second-order valence-electron chi connectivity index (χ2n) is 9.12. The number of ether oxygens (including phenoxy) is 4. The van der Waals surface area contributed by atoms with Crippen LogP contribution >= 0.6 is 0 Å². The molecule has 0 amide bonds. The Labute approximate surface area is 201 Å². The summed E-state index contributed by atoms with van der Waals surface area (Å²) in [7, 11) is 0. The molecule has 9 nitrogen and oxygen atoms in total. The number of carbonyl (C=O) groups excluding carboxylic acids is 2. The van der Waals surface area contributed by atoms with E-state index in [9.17, 15) is 9.59 Å². The van der Waals surface area contributed by atoms with Crippen molar-refractivity contribution in [2.24, 2.45) is 0 Å². The van der Waals surface area contributed by atoms with Gasteiger partial charge in [0.15, 0.2) is 23.9 Å². The number of unbranched alkanes of at least 4 members (excludes halogenated alkanes) is 8. The lowest BCUT2D eigenvalue weighted by Crippen LogP contribution is -2.40. The molecule has 1 saturated heterocycles. The van der Waals surface area contributed by atoms with Crippen LogP contribution in [0.5, 0.6) is 6.01 Å². The van der Waals surface area contributed by atoms with Crippen molar-refractivity contribution in [2.75, 3.05) is 6.61 Å². The van der Waals surface area contributed by atoms with Crippen LogP contribution in [0.4, 0.5) is 0 Å². The van der Waals surface area contributed by atoms with E-state index in [1.54, 1.807) is 16.8 Å². The molecule has 9 heteroatoms. The number of hydrogen-bond acceptors (Lipinski definition) is 8. The van der Waals surface area contributed by atoms with Crippen molar-refractivity contribution >= 4 is 11.9 Å². The molecular formula is C25H39N3O6. The first-order valence-electron chi connectivity index (χ1n) is 12.8. The quantitative estimate of drug-likeness (QED) is 0.298. The van der Waals surface area contributed by atoms with Crippen molar-refractivity contribution in [3.05, 3.63) is 17.8 Å². The number of fused-ring (bicyclic) bond motifs is 3. The predicted octanol–water partition coefficient (Wildman–Crippen LogP) is 4.20. The zero-order chi connectivity index (χ0) is 24.3. The van der Waals surface area contributed by atoms with E-state index >= 15 is 0 Å². The van der Waals surface area contributed by atoms with Gasteiger partial charge in [-0.1, -0.05) is 65.2 Å². The molecule has 0 aromatic carbocycles. The molecule has 0 unspecified atom stereocenters. The van der Waals surface area contributed by atoms with Gasteiger partial charge in [-0.05, 0) is 18.9 Å². The fraction of sp³-hybridized carbons (Fsp3) is 0.760. The minimum Gasteiger partial charge on any atom is -0.463 e. The van der Waals surface area contributed by atoms with Crippen LogP contribution in [-0.2, 0) is 23.8 Å². The lowest BCUT2D eigenvalue weighted by molar-refractivity contribution is -0.160. The fourth-order valence-corrected chi connectivity index (χ4v) is 4.35. The van der Waals surface area contributed by atoms with Gasteiger partial charge in [-0.2, -0.15) is 4.98 Å². The lowest BCUT2D eigenvalue weighted by atomic mass is 10.1. The highest BCUT2D eigenvalue weighted by Crippen LogP contribution is 2.40. The Morgan fingerprint density at radius 1 is 1.00 bits per heavy atom. The molecule has 3 heterocycles. The van der Waals surface area contributed by atoms with Crippen LogP contribution in [0.15, 0.2) is 12.3 Å². The molecule has 1 fully saturated rings. The third-order valence-corrected chi connectivity index (χ3v) is 6.28. The topological polar surface area (TPSA) is 113 Å². The molecule has 2 aliphatic rings. The SMILES string of the molecule is CCCCCCCC(=O)OC[C@H]1O[C@@H]2[C@@H](Oc3nc(=N)ccn32)[C@@H]1OC(=O)CCCCCCC. The van der Waals surface area contributed by atoms with Gasteiger partial charge in [-0.25, -0.2) is 0 Å². The molecule has 0 aliphatic carbocycles. The monoisotopic (exact) mass is 477 g/mol. The van der Waals surface area contributed by atoms with E-state index in [4.69, 9.17) is 24.4 Å². The summed E-state index contributed by atoms with van der Waals surface area (Å²) in [5.41, 5.74) is 0.0799. The fourth-order valence-electron chi connectivity index (χ4n) is 4.35. The third kappa shape index (κ3) is 7.29. The Kier molecular flexibility index (Phi) is 10.4. The van der Waals surface area contributed by atoms with E-state index in [0.717, 1.165) is 57.8 Å². The third-order valence-electron chi connectivity index (χ3n) is 6.28. The number of hydrogen-bond donors (Lipinski definition) is 1. The molecule has 0 spiro atoms. The van der Waals surface area contributed by atoms with E-state index in [-0.39, 0.29) is 30.0 Å². The minimum atomic E-state index is -0.721. The maximum Gasteiger partial charge on any atom is 0.306 e. The minimum absolute atomic E-state index is 0.00154. The average Bonchev–Trinajstić information content (AvgIpc) is 3.33. The van der Waals surface area contributed by atoms with Gasteiger partial charge in [0, 0.05) is 19.0 Å². The summed E-state index contributed by atoms with van der Waals surface area (Å²) in [5, 5.41) is 7.72. The molecule has 3 rings (SSSR count). The first kappa shape index (κ1) is 26.2. The van der Waals surface area contributed by atoms with Crippen LogP contribution < -0.4 is 10.2 Å². The van der Waals surface area contributed by atoms with E-state index in [1.807, 2.05) is 0 Å². The van der Waals surface area contributed by atoms with Gasteiger partial charge in [0.2, 0.25) is 0 Å². The highest BCUT2D eigenvalue weighted by Gasteiger charge is 2.54. The number of carbonyl (C=O) groups is 2. The number of nitrogens with one attached hydrogen (secondary N) is 1. The second-order valence-corrected chi connectivity index (χ2v) is 9.12. The summed E-state index contributed by atoms with van der Waals surface area (Å²) < 4.78 is 25.0. The smallest absolute Gasteiger partial charge is 0.306 e. The Hall–Kier alpha value is -2.42. The number of rotatable bonds is 15. The number of nitrogens with zero attached hydrogens (tertiary/aromatic N) is 2. The van der Waals surface area contributed by atoms with Crippen LogP contribution in [0.1, 0.15) is 97.1 Å². The largest absolute Gasteiger partial charge is 0.463 e. The molecule has 1 N–H and O–H groups in total. The summed E-state index contributed by atoms with van der Waals surface area (Å²) >= 11 is 0. The van der Waals surface area contributed by atoms with Gasteiger partial charge < -0.3 is 18.9 Å². The molecule has 1 aromatic heterocycles. The van der Waals surface area contributed by atoms with E-state index in [0.29, 0.717) is 12.8 Å². The van der Waals surface area contributed by atoms with Gasteiger partial charge in [0.05, 0.1) is 0 Å². The van der Waals surface area contributed by atoms with Crippen molar-refractivity contribution in [1.82, 2.24) is 9.55 Å². The molecule has 2 aliphatic heterocycles. The standard InChI is InChI=1S/C25H39N3O6/c1-3-5-7-9-11-13-20(29)31-17-18-22(33-21(30)14-12-10-8-6-4-2)23-24(32-18)28-16-15-19(26)27-25(28)34-23/h15-16,18,22-24,26H,3-14,17H2,1-2H3/t18-,22-,23+,24-/m1/s1. The average molecular weight is 478 g/mol. The molecule has 0 saturated carbocycles. The lowest BCUT2D eigenvalue weighted by Gasteiger charge is -2.22. The Morgan fingerprint density at radius 3 is 2.32 bits per heavy atom. The molecule has 34 heavy (non-hydrogen) atoms. The second kappa shape index (κ2) is 13.5. The Morgan fingerprint density at radius 2 is 1.65 bits per heavy atom. The van der Waals surface area contributed by atoms with Gasteiger partial charge in [0.1, 0.15) is 12.7 Å². The van der Waals surface area contributed by atoms with E-state index in [1.165, 1.54) is 6.42 Å². The molecular weight excluding hydrogens is 438 g/mol. The van der Waals surface area contributed by atoms with Crippen LogP contribution in [0.3, 0.4) is 0 Å². The van der Waals surface area contributed by atoms with Crippen molar-refractivity contribution in [3.63, 3.8) is 0 Å². The molecule has 4 atom stereocenters. The van der Waals surface area contributed by atoms with Crippen molar-refractivity contribution < 1.29 is 28.5 Å². The van der Waals surface area contributed by atoms with Crippen LogP contribution in [0.2, 0.25) is 0 Å². The summed E-state index contributed by atoms with van der Waals surface area (Å²) in [4.78, 5) is 28.9. The molecule has 0 bridgehead atoms. The summed E-state index contributed by atoms with van der Waals surface area (Å²) in [6.07, 6.45) is 10.3. The predicted molar refractivity (Wildman–Crippen MR) is 124 cm³/mol. The van der Waals surface area contributed by atoms with Gasteiger partial charge in [-0.15, -0.1) is 0 Å². The van der Waals surface area contributed by atoms with Crippen molar-refractivity contribution in [3.8, 4) is 6.01 Å². The van der Waals surface area contributed by atoms with E-state index in [2.05, 4.69) is 18.8 Å². The van der Waals surface area contributed by atoms with Crippen LogP contribution in [0, 0.1) is 5.41 Å². The zero-order valence-corrected chi connectivity index (χ0v) is 20.5. The Bertz CT molecular complexity index is 857. The summed E-state index contributed by atoms with van der Waals surface area (Å²) in [5.74, 6) is -0.579. The maximum atomic E-state index is 12.6. The summed E-state index contributed by atoms with van der Waals surface area (Å²) in [6.45, 7) is 4.31. The maximum absolute atomic E-state index is 12.6. The van der Waals surface area contributed by atoms with Crippen molar-refractivity contribution in [2.45, 2.75) is 115 Å². The Balaban J connectivity index is 1.56. The zero-order valence-electron chi connectivity index (χ0n) is 20.5. The first-order chi connectivity index (χ1) is 16.5. The van der Waals surface area contributed by atoms with Crippen LogP contribution in [0.25, 0.3) is 0 Å². The van der Waals surface area contributed by atoms with Gasteiger partial charge in [0.25, 0.3) is 0 Å². The summed E-state index contributed by atoms with van der Waals surface area (Å²) in [6, 6.07) is 1.80. The molecule has 0 radical (unpaired) electrons. The van der Waals surface area contributed by atoms with Crippen molar-refractivity contribution in [1.29, 1.82) is 5.41 Å². The van der Waals surface area contributed by atoms with Crippen LogP contribution in [-0.4, -0.2) is 46.4 Å². The number of esters is 2.